The smallest absolute Gasteiger partial charge is 0.391 e. The van der Waals surface area contributed by atoms with E-state index in [9.17, 15) is 23.1 Å². The number of hydrogen-bond acceptors (Lipinski definition) is 3. The number of likely N-dealkylation sites (tertiary alicyclic amines) is 1. The molecule has 0 spiro atoms. The molecule has 1 aliphatic rings. The maximum atomic E-state index is 11.9. The molecule has 0 aromatic heterocycles. The van der Waals surface area contributed by atoms with E-state index in [0.717, 1.165) is 32.5 Å². The molecule has 0 bridgehead atoms. The molecule has 0 aromatic carbocycles. The lowest BCUT2D eigenvalue weighted by atomic mass is 9.91. The van der Waals surface area contributed by atoms with Crippen LogP contribution < -0.4 is 5.32 Å². The summed E-state index contributed by atoms with van der Waals surface area (Å²) in [5.41, 5.74) is 0. The first-order valence-corrected chi connectivity index (χ1v) is 6.10. The molecule has 1 amide bonds. The number of carbonyl (C=O) groups is 1. The molecule has 0 radical (unpaired) electrons. The van der Waals surface area contributed by atoms with Crippen LogP contribution in [0.5, 0.6) is 0 Å². The first-order valence-electron chi connectivity index (χ1n) is 6.10. The van der Waals surface area contributed by atoms with E-state index in [1.165, 1.54) is 0 Å². The summed E-state index contributed by atoms with van der Waals surface area (Å²) in [5.74, 6) is -2.03. The standard InChI is InChI=1S/C11H19F3N2O2/c1-2-16-5-3-8(4-6-16)9(17)7-15-10(18)11(12,13)14/h8-9,17H,2-7H2,1H3,(H,15,18). The Kier molecular flexibility index (Phi) is 5.40. The highest BCUT2D eigenvalue weighted by molar-refractivity contribution is 5.81. The van der Waals surface area contributed by atoms with Crippen molar-refractivity contribution in [1.29, 1.82) is 0 Å². The molecule has 1 aliphatic heterocycles. The zero-order chi connectivity index (χ0) is 13.8. The van der Waals surface area contributed by atoms with E-state index in [1.807, 2.05) is 6.92 Å². The largest absolute Gasteiger partial charge is 0.471 e. The van der Waals surface area contributed by atoms with Crippen LogP contribution in [-0.2, 0) is 4.79 Å². The highest BCUT2D eigenvalue weighted by atomic mass is 19.4. The number of amides is 1. The van der Waals surface area contributed by atoms with Gasteiger partial charge in [-0.3, -0.25) is 4.79 Å². The van der Waals surface area contributed by atoms with Gasteiger partial charge in [0, 0.05) is 6.54 Å². The summed E-state index contributed by atoms with van der Waals surface area (Å²) in [5, 5.41) is 11.5. The normalized spacial score (nSPS) is 20.7. The maximum Gasteiger partial charge on any atom is 0.471 e. The Morgan fingerprint density at radius 2 is 2.00 bits per heavy atom. The second-order valence-corrected chi connectivity index (χ2v) is 4.55. The fourth-order valence-electron chi connectivity index (χ4n) is 2.12. The molecule has 1 rings (SSSR count). The number of halogens is 3. The van der Waals surface area contributed by atoms with Crippen LogP contribution in [0.4, 0.5) is 13.2 Å². The van der Waals surface area contributed by atoms with E-state index < -0.39 is 18.2 Å². The highest BCUT2D eigenvalue weighted by Crippen LogP contribution is 2.20. The molecule has 18 heavy (non-hydrogen) atoms. The lowest BCUT2D eigenvalue weighted by Gasteiger charge is -2.33. The number of aliphatic hydroxyl groups is 1. The van der Waals surface area contributed by atoms with Gasteiger partial charge in [0.2, 0.25) is 0 Å². The van der Waals surface area contributed by atoms with E-state index in [0.29, 0.717) is 0 Å². The number of nitrogens with zero attached hydrogens (tertiary/aromatic N) is 1. The molecule has 0 aromatic rings. The predicted molar refractivity (Wildman–Crippen MR) is 59.9 cm³/mol. The molecule has 1 heterocycles. The number of alkyl halides is 3. The van der Waals surface area contributed by atoms with Gasteiger partial charge in [0.15, 0.2) is 0 Å². The van der Waals surface area contributed by atoms with E-state index >= 15 is 0 Å². The number of carbonyl (C=O) groups excluding carboxylic acids is 1. The van der Waals surface area contributed by atoms with Gasteiger partial charge in [-0.05, 0) is 38.4 Å². The molecule has 1 fully saturated rings. The number of piperidine rings is 1. The first-order chi connectivity index (χ1) is 8.34. The average molecular weight is 268 g/mol. The Hall–Kier alpha value is -0.820. The zero-order valence-electron chi connectivity index (χ0n) is 10.3. The molecule has 106 valence electrons. The van der Waals surface area contributed by atoms with Crippen LogP contribution >= 0.6 is 0 Å². The Morgan fingerprint density at radius 1 is 1.44 bits per heavy atom. The zero-order valence-corrected chi connectivity index (χ0v) is 10.3. The summed E-state index contributed by atoms with van der Waals surface area (Å²) in [6, 6.07) is 0. The minimum absolute atomic E-state index is 0.0404. The van der Waals surface area contributed by atoms with Crippen molar-refractivity contribution in [2.45, 2.75) is 32.0 Å². The van der Waals surface area contributed by atoms with Gasteiger partial charge in [0.05, 0.1) is 6.10 Å². The molecule has 0 aliphatic carbocycles. The van der Waals surface area contributed by atoms with Gasteiger partial charge in [-0.25, -0.2) is 0 Å². The van der Waals surface area contributed by atoms with E-state index in [1.54, 1.807) is 5.32 Å². The van der Waals surface area contributed by atoms with Crippen LogP contribution in [0.1, 0.15) is 19.8 Å². The third-order valence-electron chi connectivity index (χ3n) is 3.35. The van der Waals surface area contributed by atoms with Crippen molar-refractivity contribution in [2.75, 3.05) is 26.2 Å². The van der Waals surface area contributed by atoms with Crippen LogP contribution in [0.3, 0.4) is 0 Å². The van der Waals surface area contributed by atoms with Gasteiger partial charge in [0.25, 0.3) is 0 Å². The van der Waals surface area contributed by atoms with Crippen LogP contribution in [-0.4, -0.2) is 54.4 Å². The minimum Gasteiger partial charge on any atom is -0.391 e. The number of rotatable bonds is 4. The van der Waals surface area contributed by atoms with E-state index in [2.05, 4.69) is 4.90 Å². The van der Waals surface area contributed by atoms with Gasteiger partial charge in [-0.2, -0.15) is 13.2 Å². The lowest BCUT2D eigenvalue weighted by Crippen LogP contribution is -2.45. The quantitative estimate of drug-likeness (QED) is 0.791. The molecule has 4 nitrogen and oxygen atoms in total. The molecule has 1 saturated heterocycles. The number of nitrogens with one attached hydrogen (secondary N) is 1. The van der Waals surface area contributed by atoms with E-state index in [4.69, 9.17) is 0 Å². The van der Waals surface area contributed by atoms with Crippen LogP contribution in [0, 0.1) is 5.92 Å². The van der Waals surface area contributed by atoms with Gasteiger partial charge >= 0.3 is 12.1 Å². The summed E-state index contributed by atoms with van der Waals surface area (Å²) in [7, 11) is 0. The van der Waals surface area contributed by atoms with Gasteiger partial charge < -0.3 is 15.3 Å². The molecule has 1 atom stereocenters. The Balaban J connectivity index is 2.29. The first kappa shape index (κ1) is 15.2. The second-order valence-electron chi connectivity index (χ2n) is 4.55. The summed E-state index contributed by atoms with van der Waals surface area (Å²) in [6.45, 7) is 4.32. The number of hydrogen-bond donors (Lipinski definition) is 2. The molecular formula is C11H19F3N2O2. The van der Waals surface area contributed by atoms with Crippen molar-refractivity contribution in [3.8, 4) is 0 Å². The topological polar surface area (TPSA) is 52.6 Å². The molecular weight excluding hydrogens is 249 g/mol. The summed E-state index contributed by atoms with van der Waals surface area (Å²) >= 11 is 0. The summed E-state index contributed by atoms with van der Waals surface area (Å²) in [4.78, 5) is 12.8. The van der Waals surface area contributed by atoms with Crippen molar-refractivity contribution in [3.05, 3.63) is 0 Å². The third-order valence-corrected chi connectivity index (χ3v) is 3.35. The Labute approximate surface area is 104 Å². The van der Waals surface area contributed by atoms with Crippen molar-refractivity contribution >= 4 is 5.91 Å². The Morgan fingerprint density at radius 3 is 2.44 bits per heavy atom. The predicted octanol–water partition coefficient (Wildman–Crippen LogP) is 0.758. The van der Waals surface area contributed by atoms with Crippen molar-refractivity contribution < 1.29 is 23.1 Å². The highest BCUT2D eigenvalue weighted by Gasteiger charge is 2.39. The molecule has 1 unspecified atom stereocenters. The molecule has 2 N–H and O–H groups in total. The van der Waals surface area contributed by atoms with Crippen LogP contribution in [0.2, 0.25) is 0 Å². The summed E-state index contributed by atoms with van der Waals surface area (Å²) < 4.78 is 35.8. The summed E-state index contributed by atoms with van der Waals surface area (Å²) in [6.07, 6.45) is -4.30. The van der Waals surface area contributed by atoms with Crippen LogP contribution in [0.15, 0.2) is 0 Å². The van der Waals surface area contributed by atoms with Crippen molar-refractivity contribution in [1.82, 2.24) is 10.2 Å². The van der Waals surface area contributed by atoms with E-state index in [-0.39, 0.29) is 12.5 Å². The van der Waals surface area contributed by atoms with Gasteiger partial charge in [0.1, 0.15) is 0 Å². The number of aliphatic hydroxyl groups excluding tert-OH is 1. The minimum atomic E-state index is -4.88. The van der Waals surface area contributed by atoms with Gasteiger partial charge in [-0.1, -0.05) is 6.92 Å². The maximum absolute atomic E-state index is 11.9. The van der Waals surface area contributed by atoms with Gasteiger partial charge in [-0.15, -0.1) is 0 Å². The fraction of sp³-hybridized carbons (Fsp3) is 0.909. The molecule has 7 heteroatoms. The van der Waals surface area contributed by atoms with Crippen LogP contribution in [0.25, 0.3) is 0 Å². The lowest BCUT2D eigenvalue weighted by molar-refractivity contribution is -0.174. The Bertz CT molecular complexity index is 276. The fourth-order valence-corrected chi connectivity index (χ4v) is 2.12. The SMILES string of the molecule is CCN1CCC(C(O)CNC(=O)C(F)(F)F)CC1. The molecule has 0 saturated carbocycles. The second kappa shape index (κ2) is 6.38. The third kappa shape index (κ3) is 4.45. The average Bonchev–Trinajstić information content (AvgIpc) is 2.34. The van der Waals surface area contributed by atoms with Crippen molar-refractivity contribution in [3.63, 3.8) is 0 Å². The monoisotopic (exact) mass is 268 g/mol. The van der Waals surface area contributed by atoms with Crippen molar-refractivity contribution in [2.24, 2.45) is 5.92 Å².